The quantitative estimate of drug-likeness (QED) is 0.383. The molecule has 7 heteroatoms. The monoisotopic (exact) mass is 476 g/mol. The van der Waals surface area contributed by atoms with Crippen LogP contribution in [0.1, 0.15) is 31.5 Å². The second-order valence-electron chi connectivity index (χ2n) is 9.58. The van der Waals surface area contributed by atoms with Gasteiger partial charge in [0, 0.05) is 44.7 Å². The average Bonchev–Trinajstić information content (AvgIpc) is 3.35. The lowest BCUT2D eigenvalue weighted by molar-refractivity contribution is -0.133. The zero-order valence-corrected chi connectivity index (χ0v) is 21.2. The van der Waals surface area contributed by atoms with Crippen molar-refractivity contribution in [1.29, 1.82) is 0 Å². The smallest absolute Gasteiger partial charge is 0.222 e. The van der Waals surface area contributed by atoms with Crippen LogP contribution in [-0.2, 0) is 11.3 Å². The summed E-state index contributed by atoms with van der Waals surface area (Å²) in [5.41, 5.74) is 5.79. The summed E-state index contributed by atoms with van der Waals surface area (Å²) >= 11 is 1.70. The van der Waals surface area contributed by atoms with Crippen LogP contribution in [0.3, 0.4) is 0 Å². The standard InChI is InChI=1S/C27H32N4O2S/c1-18(2)15-25(32)30-13-11-29(12-14-30)17-23-26(20-7-5-19(3)6-8-20)28-27-31(23)22-10-9-21(33-4)16-24(22)34-27/h5-10,16,18H,11-15,17H2,1-4H3. The normalized spacial score (nSPS) is 15.0. The maximum absolute atomic E-state index is 12.5. The van der Waals surface area contributed by atoms with Gasteiger partial charge in [-0.15, -0.1) is 0 Å². The molecule has 5 rings (SSSR count). The fourth-order valence-corrected chi connectivity index (χ4v) is 5.74. The molecular weight excluding hydrogens is 444 g/mol. The number of aromatic nitrogens is 2. The minimum atomic E-state index is 0.277. The molecule has 0 atom stereocenters. The number of methoxy groups -OCH3 is 1. The van der Waals surface area contributed by atoms with Gasteiger partial charge in [0.1, 0.15) is 5.75 Å². The molecular formula is C27H32N4O2S. The number of rotatable bonds is 6. The van der Waals surface area contributed by atoms with Crippen molar-refractivity contribution in [2.45, 2.75) is 33.7 Å². The third kappa shape index (κ3) is 4.42. The number of imidazole rings is 1. The summed E-state index contributed by atoms with van der Waals surface area (Å²) in [6.07, 6.45) is 0.630. The molecule has 0 spiro atoms. The minimum Gasteiger partial charge on any atom is -0.497 e. The van der Waals surface area contributed by atoms with Crippen LogP contribution in [0.5, 0.6) is 5.75 Å². The highest BCUT2D eigenvalue weighted by molar-refractivity contribution is 7.23. The Balaban J connectivity index is 1.48. The van der Waals surface area contributed by atoms with Crippen LogP contribution in [0.4, 0.5) is 0 Å². The van der Waals surface area contributed by atoms with Crippen LogP contribution >= 0.6 is 11.3 Å². The number of carbonyl (C=O) groups excluding carboxylic acids is 1. The van der Waals surface area contributed by atoms with Crippen molar-refractivity contribution in [2.24, 2.45) is 5.92 Å². The predicted molar refractivity (Wildman–Crippen MR) is 139 cm³/mol. The highest BCUT2D eigenvalue weighted by Crippen LogP contribution is 2.35. The van der Waals surface area contributed by atoms with Crippen LogP contribution < -0.4 is 4.74 Å². The van der Waals surface area contributed by atoms with Gasteiger partial charge in [-0.3, -0.25) is 14.1 Å². The number of fused-ring (bicyclic) bond motifs is 3. The van der Waals surface area contributed by atoms with Crippen LogP contribution in [0.15, 0.2) is 42.5 Å². The van der Waals surface area contributed by atoms with Crippen molar-refractivity contribution >= 4 is 32.4 Å². The van der Waals surface area contributed by atoms with Crippen molar-refractivity contribution in [2.75, 3.05) is 33.3 Å². The number of nitrogens with zero attached hydrogens (tertiary/aromatic N) is 4. The second kappa shape index (κ2) is 9.39. The Morgan fingerprint density at radius 2 is 1.82 bits per heavy atom. The number of carbonyl (C=O) groups is 1. The van der Waals surface area contributed by atoms with E-state index in [1.54, 1.807) is 18.4 Å². The van der Waals surface area contributed by atoms with Gasteiger partial charge in [-0.1, -0.05) is 55.0 Å². The summed E-state index contributed by atoms with van der Waals surface area (Å²) in [6, 6.07) is 14.9. The number of benzene rings is 2. The molecule has 1 fully saturated rings. The van der Waals surface area contributed by atoms with Crippen LogP contribution in [0.2, 0.25) is 0 Å². The fourth-order valence-electron chi connectivity index (χ4n) is 4.67. The van der Waals surface area contributed by atoms with Crippen molar-refractivity contribution in [1.82, 2.24) is 19.2 Å². The molecule has 2 aromatic heterocycles. The second-order valence-corrected chi connectivity index (χ2v) is 10.6. The molecule has 0 aliphatic carbocycles. The Morgan fingerprint density at radius 3 is 2.50 bits per heavy atom. The minimum absolute atomic E-state index is 0.277. The molecule has 1 aliphatic heterocycles. The van der Waals surface area contributed by atoms with E-state index in [0.717, 1.165) is 60.2 Å². The Morgan fingerprint density at radius 1 is 1.09 bits per heavy atom. The number of thiazole rings is 1. The van der Waals surface area contributed by atoms with E-state index in [2.05, 4.69) is 66.5 Å². The fraction of sp³-hybridized carbons (Fsp3) is 0.407. The summed E-state index contributed by atoms with van der Waals surface area (Å²) in [7, 11) is 1.70. The molecule has 4 aromatic rings. The number of aryl methyl sites for hydroxylation is 1. The number of ether oxygens (including phenoxy) is 1. The maximum atomic E-state index is 12.5. The highest BCUT2D eigenvalue weighted by Gasteiger charge is 2.25. The van der Waals surface area contributed by atoms with Crippen LogP contribution in [0, 0.1) is 12.8 Å². The van der Waals surface area contributed by atoms with E-state index in [0.29, 0.717) is 12.3 Å². The first-order valence-corrected chi connectivity index (χ1v) is 12.8. The number of hydrogen-bond donors (Lipinski definition) is 0. The molecule has 1 saturated heterocycles. The zero-order chi connectivity index (χ0) is 23.8. The Hall–Kier alpha value is -2.90. The zero-order valence-electron chi connectivity index (χ0n) is 20.4. The third-order valence-electron chi connectivity index (χ3n) is 6.56. The Kier molecular flexibility index (Phi) is 6.32. The molecule has 2 aromatic carbocycles. The van der Waals surface area contributed by atoms with Gasteiger partial charge in [0.2, 0.25) is 5.91 Å². The molecule has 1 aliphatic rings. The lowest BCUT2D eigenvalue weighted by Crippen LogP contribution is -2.48. The Labute approximate surface area is 204 Å². The largest absolute Gasteiger partial charge is 0.497 e. The van der Waals surface area contributed by atoms with Gasteiger partial charge in [0.05, 0.1) is 28.7 Å². The van der Waals surface area contributed by atoms with Gasteiger partial charge >= 0.3 is 0 Å². The van der Waals surface area contributed by atoms with Gasteiger partial charge in [-0.25, -0.2) is 4.98 Å². The summed E-state index contributed by atoms with van der Waals surface area (Å²) in [5, 5.41) is 0. The van der Waals surface area contributed by atoms with E-state index in [1.807, 2.05) is 11.0 Å². The van der Waals surface area contributed by atoms with E-state index in [9.17, 15) is 4.79 Å². The molecule has 178 valence electrons. The summed E-state index contributed by atoms with van der Waals surface area (Å²) in [6.45, 7) is 10.4. The first-order chi connectivity index (χ1) is 16.4. The molecule has 0 unspecified atom stereocenters. The third-order valence-corrected chi connectivity index (χ3v) is 7.56. The van der Waals surface area contributed by atoms with Crippen molar-refractivity contribution < 1.29 is 9.53 Å². The average molecular weight is 477 g/mol. The first kappa shape index (κ1) is 22.9. The molecule has 1 amide bonds. The van der Waals surface area contributed by atoms with E-state index in [-0.39, 0.29) is 5.91 Å². The first-order valence-electron chi connectivity index (χ1n) is 12.0. The van der Waals surface area contributed by atoms with Gasteiger partial charge in [0.15, 0.2) is 4.96 Å². The van der Waals surface area contributed by atoms with Crippen molar-refractivity contribution in [3.8, 4) is 17.0 Å². The summed E-state index contributed by atoms with van der Waals surface area (Å²) in [5.74, 6) is 1.53. The van der Waals surface area contributed by atoms with Crippen molar-refractivity contribution in [3.05, 3.63) is 53.7 Å². The van der Waals surface area contributed by atoms with E-state index in [1.165, 1.54) is 16.0 Å². The maximum Gasteiger partial charge on any atom is 0.222 e. The van der Waals surface area contributed by atoms with E-state index < -0.39 is 0 Å². The van der Waals surface area contributed by atoms with Crippen molar-refractivity contribution in [3.63, 3.8) is 0 Å². The molecule has 34 heavy (non-hydrogen) atoms. The van der Waals surface area contributed by atoms with Gasteiger partial charge in [-0.2, -0.15) is 0 Å². The molecule has 0 bridgehead atoms. The number of hydrogen-bond acceptors (Lipinski definition) is 5. The Bertz CT molecular complexity index is 1310. The van der Waals surface area contributed by atoms with Crippen LogP contribution in [0.25, 0.3) is 26.4 Å². The van der Waals surface area contributed by atoms with E-state index in [4.69, 9.17) is 9.72 Å². The SMILES string of the molecule is COc1ccc2c(c1)sc1nc(-c3ccc(C)cc3)c(CN3CCN(C(=O)CC(C)C)CC3)n12. The van der Waals surface area contributed by atoms with Gasteiger partial charge in [-0.05, 0) is 31.0 Å². The predicted octanol–water partition coefficient (Wildman–Crippen LogP) is 5.22. The van der Waals surface area contributed by atoms with Gasteiger partial charge in [0.25, 0.3) is 0 Å². The molecule has 6 nitrogen and oxygen atoms in total. The van der Waals surface area contributed by atoms with Gasteiger partial charge < -0.3 is 9.64 Å². The highest BCUT2D eigenvalue weighted by atomic mass is 32.1. The lowest BCUT2D eigenvalue weighted by Gasteiger charge is -2.35. The summed E-state index contributed by atoms with van der Waals surface area (Å²) in [4.78, 5) is 23.1. The lowest BCUT2D eigenvalue weighted by atomic mass is 10.1. The van der Waals surface area contributed by atoms with Crippen LogP contribution in [-0.4, -0.2) is 58.4 Å². The topological polar surface area (TPSA) is 50.1 Å². The number of amides is 1. The number of piperazine rings is 1. The molecule has 0 N–H and O–H groups in total. The molecule has 3 heterocycles. The summed E-state index contributed by atoms with van der Waals surface area (Å²) < 4.78 is 8.92. The molecule has 0 saturated carbocycles. The van der Waals surface area contributed by atoms with E-state index >= 15 is 0 Å². The molecule has 0 radical (unpaired) electrons.